The Morgan fingerprint density at radius 1 is 1.12 bits per heavy atom. The van der Waals surface area contributed by atoms with E-state index in [1.807, 2.05) is 0 Å². The Labute approximate surface area is 159 Å². The van der Waals surface area contributed by atoms with Crippen LogP contribution in [0.3, 0.4) is 0 Å². The molecule has 3 heteroatoms. The minimum absolute atomic E-state index is 0.492. The van der Waals surface area contributed by atoms with Crippen molar-refractivity contribution in [2.75, 3.05) is 20.2 Å². The van der Waals surface area contributed by atoms with Crippen LogP contribution in [0.25, 0.3) is 0 Å². The van der Waals surface area contributed by atoms with Crippen LogP contribution in [0.5, 0.6) is 5.75 Å². The van der Waals surface area contributed by atoms with E-state index in [0.29, 0.717) is 16.9 Å². The van der Waals surface area contributed by atoms with E-state index in [-0.39, 0.29) is 0 Å². The molecule has 3 aliphatic rings. The normalized spacial score (nSPS) is 34.3. The summed E-state index contributed by atoms with van der Waals surface area (Å²) in [6.45, 7) is 11.0. The number of benzene rings is 1. The molecule has 1 heterocycles. The van der Waals surface area contributed by atoms with Gasteiger partial charge in [-0.05, 0) is 68.0 Å². The number of hydrogen-bond donors (Lipinski definition) is 1. The molecule has 1 N–H and O–H groups in total. The molecule has 0 unspecified atom stereocenters. The molecule has 3 atom stereocenters. The van der Waals surface area contributed by atoms with Crippen LogP contribution in [0.4, 0.5) is 0 Å². The summed E-state index contributed by atoms with van der Waals surface area (Å²) >= 11 is 0. The van der Waals surface area contributed by atoms with Crippen LogP contribution in [0.15, 0.2) is 24.3 Å². The Morgan fingerprint density at radius 2 is 1.85 bits per heavy atom. The van der Waals surface area contributed by atoms with Crippen molar-refractivity contribution in [2.45, 2.75) is 71.5 Å². The van der Waals surface area contributed by atoms with Crippen LogP contribution in [-0.2, 0) is 6.54 Å². The summed E-state index contributed by atoms with van der Waals surface area (Å²) in [5, 5.41) is 4.10. The van der Waals surface area contributed by atoms with E-state index in [4.69, 9.17) is 4.74 Å². The van der Waals surface area contributed by atoms with Crippen molar-refractivity contribution < 1.29 is 4.74 Å². The minimum atomic E-state index is 0.492. The molecule has 2 saturated carbocycles. The van der Waals surface area contributed by atoms with Crippen molar-refractivity contribution in [2.24, 2.45) is 16.7 Å². The van der Waals surface area contributed by atoms with Crippen molar-refractivity contribution in [3.05, 3.63) is 29.8 Å². The third-order valence-corrected chi connectivity index (χ3v) is 8.40. The zero-order valence-corrected chi connectivity index (χ0v) is 17.1. The van der Waals surface area contributed by atoms with Gasteiger partial charge in [-0.1, -0.05) is 39.0 Å². The van der Waals surface area contributed by atoms with Crippen molar-refractivity contribution in [3.8, 4) is 5.75 Å². The molecule has 26 heavy (non-hydrogen) atoms. The highest BCUT2D eigenvalue weighted by atomic mass is 16.5. The van der Waals surface area contributed by atoms with Gasteiger partial charge in [-0.25, -0.2) is 0 Å². The molecule has 1 aliphatic heterocycles. The third-order valence-electron chi connectivity index (χ3n) is 8.40. The molecule has 1 aromatic rings. The predicted molar refractivity (Wildman–Crippen MR) is 107 cm³/mol. The van der Waals surface area contributed by atoms with E-state index in [2.05, 4.69) is 55.3 Å². The van der Waals surface area contributed by atoms with Gasteiger partial charge in [0.2, 0.25) is 0 Å². The van der Waals surface area contributed by atoms with Gasteiger partial charge >= 0.3 is 0 Å². The summed E-state index contributed by atoms with van der Waals surface area (Å²) in [5.41, 5.74) is 2.31. The van der Waals surface area contributed by atoms with E-state index in [9.17, 15) is 0 Å². The van der Waals surface area contributed by atoms with Gasteiger partial charge in [-0.3, -0.25) is 4.90 Å². The number of nitrogens with one attached hydrogen (secondary N) is 1. The topological polar surface area (TPSA) is 24.5 Å². The number of ether oxygens (including phenoxy) is 1. The maximum absolute atomic E-state index is 5.52. The van der Waals surface area contributed by atoms with Crippen LogP contribution < -0.4 is 10.1 Å². The first kappa shape index (κ1) is 18.3. The second-order valence-electron chi connectivity index (χ2n) is 9.69. The first-order valence-corrected chi connectivity index (χ1v) is 10.5. The maximum atomic E-state index is 5.52. The van der Waals surface area contributed by atoms with Crippen molar-refractivity contribution in [3.63, 3.8) is 0 Å². The second-order valence-corrected chi connectivity index (χ2v) is 9.69. The summed E-state index contributed by atoms with van der Waals surface area (Å²) in [7, 11) is 1.77. The molecular formula is C23H36N2O. The molecule has 144 valence electrons. The summed E-state index contributed by atoms with van der Waals surface area (Å²) in [6, 6.07) is 9.85. The molecule has 3 nitrogen and oxygen atoms in total. The van der Waals surface area contributed by atoms with Crippen molar-refractivity contribution in [1.29, 1.82) is 0 Å². The largest absolute Gasteiger partial charge is 0.496 e. The lowest BCUT2D eigenvalue weighted by Crippen LogP contribution is -2.51. The monoisotopic (exact) mass is 356 g/mol. The van der Waals surface area contributed by atoms with Crippen LogP contribution in [0, 0.1) is 16.7 Å². The van der Waals surface area contributed by atoms with E-state index in [0.717, 1.165) is 24.3 Å². The fourth-order valence-corrected chi connectivity index (χ4v) is 6.07. The lowest BCUT2D eigenvalue weighted by Gasteiger charge is -2.42. The van der Waals surface area contributed by atoms with Crippen LogP contribution in [-0.4, -0.2) is 37.2 Å². The summed E-state index contributed by atoms with van der Waals surface area (Å²) in [5.74, 6) is 1.94. The fourth-order valence-electron chi connectivity index (χ4n) is 6.07. The van der Waals surface area contributed by atoms with Gasteiger partial charge in [0, 0.05) is 24.2 Å². The lowest BCUT2D eigenvalue weighted by molar-refractivity contribution is 0.103. The average Bonchev–Trinajstić information content (AvgIpc) is 2.97. The summed E-state index contributed by atoms with van der Waals surface area (Å²) < 4.78 is 5.52. The smallest absolute Gasteiger partial charge is 0.123 e. The van der Waals surface area contributed by atoms with Crippen LogP contribution >= 0.6 is 0 Å². The molecule has 2 aliphatic carbocycles. The highest BCUT2D eigenvalue weighted by Crippen LogP contribution is 2.65. The number of para-hydroxylation sites is 1. The first-order chi connectivity index (χ1) is 12.4. The molecule has 4 rings (SSSR count). The molecule has 0 amide bonds. The van der Waals surface area contributed by atoms with Crippen molar-refractivity contribution >= 4 is 0 Å². The van der Waals surface area contributed by atoms with Gasteiger partial charge < -0.3 is 10.1 Å². The maximum Gasteiger partial charge on any atom is 0.123 e. The first-order valence-electron chi connectivity index (χ1n) is 10.5. The number of piperidine rings is 1. The fraction of sp³-hybridized carbons (Fsp3) is 0.739. The Morgan fingerprint density at radius 3 is 2.46 bits per heavy atom. The highest BCUT2D eigenvalue weighted by molar-refractivity contribution is 5.33. The van der Waals surface area contributed by atoms with Crippen molar-refractivity contribution in [1.82, 2.24) is 10.2 Å². The minimum Gasteiger partial charge on any atom is -0.496 e. The highest BCUT2D eigenvalue weighted by Gasteiger charge is 2.61. The van der Waals surface area contributed by atoms with E-state index in [1.54, 1.807) is 7.11 Å². The van der Waals surface area contributed by atoms with Gasteiger partial charge in [-0.15, -0.1) is 0 Å². The molecule has 1 saturated heterocycles. The van der Waals surface area contributed by atoms with Gasteiger partial charge in [0.15, 0.2) is 0 Å². The van der Waals surface area contributed by atoms with E-state index in [1.165, 1.54) is 50.8 Å². The number of methoxy groups -OCH3 is 1. The number of nitrogens with zero attached hydrogens (tertiary/aromatic N) is 1. The van der Waals surface area contributed by atoms with Gasteiger partial charge in [-0.2, -0.15) is 0 Å². The second kappa shape index (κ2) is 6.83. The SMILES string of the molecule is COc1ccccc1CN1CCC(N[C@@H]2C[C@H]3CC[C@]2(C)C3(C)C)CC1. The number of likely N-dealkylation sites (tertiary alicyclic amines) is 1. The molecular weight excluding hydrogens is 320 g/mol. The molecule has 0 radical (unpaired) electrons. The quantitative estimate of drug-likeness (QED) is 0.843. The molecule has 2 bridgehead atoms. The van der Waals surface area contributed by atoms with E-state index < -0.39 is 0 Å². The summed E-state index contributed by atoms with van der Waals surface area (Å²) in [4.78, 5) is 2.59. The standard InChI is InChI=1S/C23H36N2O/c1-22(2)18-9-12-23(22,3)21(15-18)24-19-10-13-25(14-11-19)16-17-7-5-6-8-20(17)26-4/h5-8,18-19,21,24H,9-16H2,1-4H3/t18-,21-,23+/m1/s1. The number of hydrogen-bond acceptors (Lipinski definition) is 3. The van der Waals surface area contributed by atoms with E-state index >= 15 is 0 Å². The Hall–Kier alpha value is -1.06. The number of fused-ring (bicyclic) bond motifs is 2. The Balaban J connectivity index is 1.31. The Kier molecular flexibility index (Phi) is 4.81. The van der Waals surface area contributed by atoms with Gasteiger partial charge in [0.1, 0.15) is 5.75 Å². The molecule has 0 aromatic heterocycles. The predicted octanol–water partition coefficient (Wildman–Crippen LogP) is 4.46. The van der Waals surface area contributed by atoms with Gasteiger partial charge in [0.25, 0.3) is 0 Å². The average molecular weight is 357 g/mol. The lowest BCUT2D eigenvalue weighted by atomic mass is 9.69. The Bertz CT molecular complexity index is 635. The number of rotatable bonds is 5. The zero-order valence-electron chi connectivity index (χ0n) is 17.1. The zero-order chi connectivity index (χ0) is 18.4. The third kappa shape index (κ3) is 2.97. The van der Waals surface area contributed by atoms with Gasteiger partial charge in [0.05, 0.1) is 7.11 Å². The van der Waals surface area contributed by atoms with Crippen LogP contribution in [0.2, 0.25) is 0 Å². The molecule has 3 fully saturated rings. The van der Waals surface area contributed by atoms with Crippen LogP contribution in [0.1, 0.15) is 58.4 Å². The molecule has 1 aromatic carbocycles. The molecule has 0 spiro atoms. The summed E-state index contributed by atoms with van der Waals surface area (Å²) in [6.07, 6.45) is 6.79.